The summed E-state index contributed by atoms with van der Waals surface area (Å²) in [6.45, 7) is 4.22. The van der Waals surface area contributed by atoms with Crippen molar-refractivity contribution in [2.75, 3.05) is 19.1 Å². The van der Waals surface area contributed by atoms with Crippen molar-refractivity contribution in [3.8, 4) is 11.5 Å². The summed E-state index contributed by atoms with van der Waals surface area (Å²) >= 11 is 0. The van der Waals surface area contributed by atoms with Crippen LogP contribution in [0.4, 0.5) is 5.69 Å². The van der Waals surface area contributed by atoms with E-state index >= 15 is 0 Å². The number of anilines is 1. The van der Waals surface area contributed by atoms with Gasteiger partial charge in [-0.3, -0.25) is 9.59 Å². The van der Waals surface area contributed by atoms with Gasteiger partial charge < -0.3 is 24.3 Å². The van der Waals surface area contributed by atoms with Crippen molar-refractivity contribution in [2.24, 2.45) is 0 Å². The zero-order chi connectivity index (χ0) is 25.7. The number of nitrogens with one attached hydrogen (secondary N) is 1. The second kappa shape index (κ2) is 10.9. The lowest BCUT2D eigenvalue weighted by Crippen LogP contribution is -2.39. The summed E-state index contributed by atoms with van der Waals surface area (Å²) in [7, 11) is 3.07. The fraction of sp³-hybridized carbons (Fsp3) is 0.250. The second-order valence-electron chi connectivity index (χ2n) is 8.55. The Balaban J connectivity index is 1.59. The third-order valence-corrected chi connectivity index (χ3v) is 5.90. The first-order valence-corrected chi connectivity index (χ1v) is 11.7. The Morgan fingerprint density at radius 1 is 0.944 bits per heavy atom. The predicted molar refractivity (Wildman–Crippen MR) is 140 cm³/mol. The van der Waals surface area contributed by atoms with Crippen molar-refractivity contribution >= 4 is 28.5 Å². The topological polar surface area (TPSA) is 85.7 Å². The van der Waals surface area contributed by atoms with Crippen molar-refractivity contribution in [3.05, 3.63) is 84.2 Å². The van der Waals surface area contributed by atoms with Crippen molar-refractivity contribution in [1.29, 1.82) is 0 Å². The molecule has 4 aromatic rings. The minimum absolute atomic E-state index is 0.0251. The summed E-state index contributed by atoms with van der Waals surface area (Å²) in [6.07, 6.45) is 0. The Morgan fingerprint density at radius 3 is 2.33 bits per heavy atom. The van der Waals surface area contributed by atoms with E-state index in [4.69, 9.17) is 14.5 Å². The summed E-state index contributed by atoms with van der Waals surface area (Å²) in [5.74, 6) is 1.26. The maximum absolute atomic E-state index is 13.5. The van der Waals surface area contributed by atoms with Gasteiger partial charge in [0.05, 0.1) is 31.8 Å². The number of benzene rings is 3. The first-order chi connectivity index (χ1) is 17.4. The van der Waals surface area contributed by atoms with Crippen LogP contribution in [0.15, 0.2) is 72.8 Å². The number of carbonyl (C=O) groups excluding carboxylic acids is 2. The number of carbonyl (C=O) groups is 2. The molecule has 1 aromatic heterocycles. The molecule has 36 heavy (non-hydrogen) atoms. The minimum atomic E-state index is -0.283. The molecular formula is C28H30N4O4. The lowest BCUT2D eigenvalue weighted by atomic mass is 10.2. The van der Waals surface area contributed by atoms with Crippen molar-refractivity contribution < 1.29 is 19.1 Å². The van der Waals surface area contributed by atoms with E-state index in [1.165, 1.54) is 7.11 Å². The molecule has 0 saturated heterocycles. The van der Waals surface area contributed by atoms with E-state index in [-0.39, 0.29) is 30.9 Å². The van der Waals surface area contributed by atoms with E-state index in [0.29, 0.717) is 22.9 Å². The van der Waals surface area contributed by atoms with Crippen LogP contribution in [-0.4, -0.2) is 41.6 Å². The molecule has 4 rings (SSSR count). The number of hydrogen-bond acceptors (Lipinski definition) is 5. The molecule has 0 radical (unpaired) electrons. The highest BCUT2D eigenvalue weighted by molar-refractivity contribution is 5.95. The molecule has 2 amide bonds. The van der Waals surface area contributed by atoms with Gasteiger partial charge >= 0.3 is 0 Å². The van der Waals surface area contributed by atoms with Crippen LogP contribution in [0.2, 0.25) is 0 Å². The number of imidazole rings is 1. The van der Waals surface area contributed by atoms with E-state index in [9.17, 15) is 9.59 Å². The van der Waals surface area contributed by atoms with Gasteiger partial charge in [0, 0.05) is 17.3 Å². The van der Waals surface area contributed by atoms with Crippen LogP contribution >= 0.6 is 0 Å². The number of amides is 2. The third kappa shape index (κ3) is 5.17. The van der Waals surface area contributed by atoms with Gasteiger partial charge in [-0.25, -0.2) is 4.98 Å². The normalized spacial score (nSPS) is 10.9. The van der Waals surface area contributed by atoms with Crippen molar-refractivity contribution in [1.82, 2.24) is 14.9 Å². The Bertz CT molecular complexity index is 1360. The lowest BCUT2D eigenvalue weighted by Gasteiger charge is -2.27. The average molecular weight is 487 g/mol. The third-order valence-electron chi connectivity index (χ3n) is 5.90. The van der Waals surface area contributed by atoms with Crippen LogP contribution in [-0.2, 0) is 17.9 Å². The van der Waals surface area contributed by atoms with Gasteiger partial charge in [0.25, 0.3) is 5.91 Å². The van der Waals surface area contributed by atoms with Crippen LogP contribution in [0.1, 0.15) is 30.0 Å². The van der Waals surface area contributed by atoms with Crippen LogP contribution in [0.3, 0.4) is 0 Å². The highest BCUT2D eigenvalue weighted by Crippen LogP contribution is 2.27. The summed E-state index contributed by atoms with van der Waals surface area (Å²) in [5, 5.41) is 2.92. The zero-order valence-corrected chi connectivity index (χ0v) is 20.9. The monoisotopic (exact) mass is 486 g/mol. The van der Waals surface area contributed by atoms with Gasteiger partial charge in [0.15, 0.2) is 11.5 Å². The highest BCUT2D eigenvalue weighted by Gasteiger charge is 2.22. The number of hydrogen-bond donors (Lipinski definition) is 1. The quantitative estimate of drug-likeness (QED) is 0.378. The highest BCUT2D eigenvalue weighted by atomic mass is 16.5. The number of methoxy groups -OCH3 is 2. The molecule has 0 fully saturated rings. The second-order valence-corrected chi connectivity index (χ2v) is 8.55. The largest absolute Gasteiger partial charge is 0.493 e. The molecule has 1 N–H and O–H groups in total. The van der Waals surface area contributed by atoms with E-state index in [1.807, 2.05) is 73.0 Å². The Labute approximate surface area is 210 Å². The van der Waals surface area contributed by atoms with Gasteiger partial charge in [-0.05, 0) is 56.3 Å². The fourth-order valence-electron chi connectivity index (χ4n) is 4.21. The average Bonchev–Trinajstić information content (AvgIpc) is 3.24. The SMILES string of the molecule is COc1ccc(C(=O)NCc2nc3ccccc3n2CC(=O)N(c2ccccc2)C(C)C)cc1OC. The van der Waals surface area contributed by atoms with E-state index in [0.717, 1.165) is 16.7 Å². The molecule has 0 aliphatic heterocycles. The maximum Gasteiger partial charge on any atom is 0.251 e. The fourth-order valence-corrected chi connectivity index (χ4v) is 4.21. The lowest BCUT2D eigenvalue weighted by molar-refractivity contribution is -0.119. The molecule has 1 heterocycles. The maximum atomic E-state index is 13.5. The van der Waals surface area contributed by atoms with E-state index in [1.54, 1.807) is 30.2 Å². The van der Waals surface area contributed by atoms with Crippen LogP contribution in [0, 0.1) is 0 Å². The first-order valence-electron chi connectivity index (χ1n) is 11.7. The Kier molecular flexibility index (Phi) is 7.53. The molecule has 0 aliphatic carbocycles. The zero-order valence-electron chi connectivity index (χ0n) is 20.9. The number of ether oxygens (including phenoxy) is 2. The molecule has 0 atom stereocenters. The molecule has 8 nitrogen and oxygen atoms in total. The number of nitrogens with zero attached hydrogens (tertiary/aromatic N) is 3. The molecule has 0 unspecified atom stereocenters. The Morgan fingerprint density at radius 2 is 1.64 bits per heavy atom. The molecule has 0 bridgehead atoms. The molecule has 3 aromatic carbocycles. The predicted octanol–water partition coefficient (Wildman–Crippen LogP) is 4.43. The molecule has 0 spiro atoms. The van der Waals surface area contributed by atoms with Gasteiger partial charge in [-0.2, -0.15) is 0 Å². The molecule has 0 saturated carbocycles. The van der Waals surface area contributed by atoms with E-state index < -0.39 is 0 Å². The molecule has 0 aliphatic rings. The van der Waals surface area contributed by atoms with Crippen LogP contribution in [0.25, 0.3) is 11.0 Å². The molecule has 8 heteroatoms. The van der Waals surface area contributed by atoms with E-state index in [2.05, 4.69) is 5.32 Å². The molecular weight excluding hydrogens is 456 g/mol. The Hall–Kier alpha value is -4.33. The summed E-state index contributed by atoms with van der Waals surface area (Å²) < 4.78 is 12.4. The van der Waals surface area contributed by atoms with Crippen molar-refractivity contribution in [3.63, 3.8) is 0 Å². The van der Waals surface area contributed by atoms with Gasteiger partial charge in [-0.1, -0.05) is 30.3 Å². The number of aromatic nitrogens is 2. The summed E-state index contributed by atoms with van der Waals surface area (Å²) in [6, 6.07) is 22.2. The summed E-state index contributed by atoms with van der Waals surface area (Å²) in [4.78, 5) is 32.9. The standard InChI is InChI=1S/C28H30N4O4/c1-19(2)32(21-10-6-5-7-11-21)27(33)18-31-23-13-9-8-12-22(23)30-26(31)17-29-28(34)20-14-15-24(35-3)25(16-20)36-4/h5-16,19H,17-18H2,1-4H3,(H,29,34). The van der Waals surface area contributed by atoms with Crippen LogP contribution < -0.4 is 19.7 Å². The van der Waals surface area contributed by atoms with Gasteiger partial charge in [0.2, 0.25) is 5.91 Å². The first kappa shape index (κ1) is 24.8. The number of para-hydroxylation sites is 3. The minimum Gasteiger partial charge on any atom is -0.493 e. The number of rotatable bonds is 9. The van der Waals surface area contributed by atoms with Crippen LogP contribution in [0.5, 0.6) is 11.5 Å². The smallest absolute Gasteiger partial charge is 0.251 e. The van der Waals surface area contributed by atoms with Gasteiger partial charge in [-0.15, -0.1) is 0 Å². The molecule has 186 valence electrons. The number of fused-ring (bicyclic) bond motifs is 1. The van der Waals surface area contributed by atoms with Gasteiger partial charge in [0.1, 0.15) is 12.4 Å². The summed E-state index contributed by atoms with van der Waals surface area (Å²) in [5.41, 5.74) is 2.86. The van der Waals surface area contributed by atoms with Crippen molar-refractivity contribution in [2.45, 2.75) is 33.0 Å².